The molecular formula is C21H26FN3O. The van der Waals surface area contributed by atoms with Crippen molar-refractivity contribution in [3.63, 3.8) is 0 Å². The third kappa shape index (κ3) is 5.28. The molecule has 1 amide bonds. The Labute approximate surface area is 154 Å². The lowest BCUT2D eigenvalue weighted by Gasteiger charge is -2.17. The molecule has 1 aliphatic carbocycles. The van der Waals surface area contributed by atoms with E-state index in [1.54, 1.807) is 30.5 Å². The zero-order valence-corrected chi connectivity index (χ0v) is 15.0. The average Bonchev–Trinajstić information content (AvgIpc) is 2.92. The van der Waals surface area contributed by atoms with E-state index in [4.69, 9.17) is 0 Å². The first-order valence-corrected chi connectivity index (χ1v) is 9.46. The van der Waals surface area contributed by atoms with Gasteiger partial charge >= 0.3 is 0 Å². The van der Waals surface area contributed by atoms with Crippen molar-refractivity contribution < 1.29 is 9.18 Å². The molecule has 5 heteroatoms. The van der Waals surface area contributed by atoms with Gasteiger partial charge in [-0.05, 0) is 43.0 Å². The van der Waals surface area contributed by atoms with Crippen LogP contribution in [-0.2, 0) is 6.42 Å². The monoisotopic (exact) mass is 355 g/mol. The number of amides is 1. The maximum Gasteiger partial charge on any atom is 0.269 e. The summed E-state index contributed by atoms with van der Waals surface area (Å²) in [7, 11) is 0. The Morgan fingerprint density at radius 2 is 1.85 bits per heavy atom. The van der Waals surface area contributed by atoms with Crippen LogP contribution in [0.2, 0.25) is 0 Å². The van der Waals surface area contributed by atoms with Gasteiger partial charge in [-0.3, -0.25) is 4.79 Å². The summed E-state index contributed by atoms with van der Waals surface area (Å²) in [5.41, 5.74) is 1.94. The molecule has 2 aromatic rings. The molecule has 1 aromatic heterocycles. The number of hydrogen-bond donors (Lipinski definition) is 2. The Morgan fingerprint density at radius 1 is 1.08 bits per heavy atom. The summed E-state index contributed by atoms with van der Waals surface area (Å²) in [6.07, 6.45) is 9.75. The number of pyridine rings is 1. The van der Waals surface area contributed by atoms with Crippen LogP contribution in [0.1, 0.15) is 54.6 Å². The number of anilines is 1. The van der Waals surface area contributed by atoms with Gasteiger partial charge in [-0.25, -0.2) is 9.37 Å². The standard InChI is InChI=1S/C21H26FN3O/c22-19-10-6-5-7-16(19)13-14-23-21(26)20-12-11-18(15-24-20)25-17-8-3-1-2-4-9-17/h5-7,10-12,15,17,25H,1-4,8-9,13-14H2,(H,23,26). The highest BCUT2D eigenvalue weighted by Gasteiger charge is 2.13. The van der Waals surface area contributed by atoms with Crippen LogP contribution in [0.4, 0.5) is 10.1 Å². The van der Waals surface area contributed by atoms with Crippen molar-refractivity contribution in [2.45, 2.75) is 51.0 Å². The number of nitrogens with one attached hydrogen (secondary N) is 2. The number of hydrogen-bond acceptors (Lipinski definition) is 3. The molecule has 1 saturated carbocycles. The van der Waals surface area contributed by atoms with E-state index < -0.39 is 0 Å². The lowest BCUT2D eigenvalue weighted by Crippen LogP contribution is -2.26. The van der Waals surface area contributed by atoms with Gasteiger partial charge < -0.3 is 10.6 Å². The van der Waals surface area contributed by atoms with Gasteiger partial charge in [0.15, 0.2) is 0 Å². The Hall–Kier alpha value is -2.43. The van der Waals surface area contributed by atoms with Crippen molar-refractivity contribution >= 4 is 11.6 Å². The van der Waals surface area contributed by atoms with Gasteiger partial charge in [0.1, 0.15) is 11.5 Å². The fraction of sp³-hybridized carbons (Fsp3) is 0.429. The van der Waals surface area contributed by atoms with E-state index in [1.165, 1.54) is 44.6 Å². The van der Waals surface area contributed by atoms with Crippen molar-refractivity contribution in [2.24, 2.45) is 0 Å². The third-order valence-electron chi connectivity index (χ3n) is 4.86. The molecule has 0 atom stereocenters. The van der Waals surface area contributed by atoms with Crippen molar-refractivity contribution in [1.29, 1.82) is 0 Å². The van der Waals surface area contributed by atoms with Crippen molar-refractivity contribution in [2.75, 3.05) is 11.9 Å². The number of aromatic nitrogens is 1. The van der Waals surface area contributed by atoms with Gasteiger partial charge in [0.05, 0.1) is 11.9 Å². The Balaban J connectivity index is 1.48. The van der Waals surface area contributed by atoms with E-state index in [-0.39, 0.29) is 11.7 Å². The summed E-state index contributed by atoms with van der Waals surface area (Å²) in [6.45, 7) is 0.378. The second-order valence-corrected chi connectivity index (χ2v) is 6.86. The molecule has 0 radical (unpaired) electrons. The van der Waals surface area contributed by atoms with Crippen LogP contribution >= 0.6 is 0 Å². The van der Waals surface area contributed by atoms with Gasteiger partial charge in [0, 0.05) is 12.6 Å². The molecule has 0 spiro atoms. The molecule has 26 heavy (non-hydrogen) atoms. The minimum Gasteiger partial charge on any atom is -0.381 e. The van der Waals surface area contributed by atoms with Gasteiger partial charge in [0.2, 0.25) is 0 Å². The second kappa shape index (κ2) is 9.32. The first-order chi connectivity index (χ1) is 12.7. The number of carbonyl (C=O) groups is 1. The molecule has 1 heterocycles. The smallest absolute Gasteiger partial charge is 0.269 e. The first-order valence-electron chi connectivity index (χ1n) is 9.46. The van der Waals surface area contributed by atoms with Crippen molar-refractivity contribution in [1.82, 2.24) is 10.3 Å². The number of rotatable bonds is 6. The SMILES string of the molecule is O=C(NCCc1ccccc1F)c1ccc(NC2CCCCCC2)cn1. The maximum atomic E-state index is 13.6. The van der Waals surface area contributed by atoms with Crippen LogP contribution in [0.5, 0.6) is 0 Å². The van der Waals surface area contributed by atoms with Crippen molar-refractivity contribution in [3.05, 3.63) is 59.7 Å². The van der Waals surface area contributed by atoms with Crippen LogP contribution in [0, 0.1) is 5.82 Å². The predicted molar refractivity (Wildman–Crippen MR) is 102 cm³/mol. The third-order valence-corrected chi connectivity index (χ3v) is 4.86. The predicted octanol–water partition coefficient (Wildman–Crippen LogP) is 4.33. The summed E-state index contributed by atoms with van der Waals surface area (Å²) < 4.78 is 13.6. The summed E-state index contributed by atoms with van der Waals surface area (Å²) in [6, 6.07) is 10.8. The molecule has 2 N–H and O–H groups in total. The highest BCUT2D eigenvalue weighted by molar-refractivity contribution is 5.92. The molecule has 0 unspecified atom stereocenters. The molecule has 0 saturated heterocycles. The van der Waals surface area contributed by atoms with Crippen LogP contribution in [0.25, 0.3) is 0 Å². The van der Waals surface area contributed by atoms with E-state index in [2.05, 4.69) is 15.6 Å². The van der Waals surface area contributed by atoms with Gasteiger partial charge in [-0.15, -0.1) is 0 Å². The van der Waals surface area contributed by atoms with Gasteiger partial charge in [-0.2, -0.15) is 0 Å². The van der Waals surface area contributed by atoms with Crippen LogP contribution < -0.4 is 10.6 Å². The highest BCUT2D eigenvalue weighted by Crippen LogP contribution is 2.20. The van der Waals surface area contributed by atoms with E-state index in [9.17, 15) is 9.18 Å². The van der Waals surface area contributed by atoms with E-state index in [0.29, 0.717) is 30.3 Å². The Kier molecular flexibility index (Phi) is 6.58. The lowest BCUT2D eigenvalue weighted by atomic mass is 10.1. The molecule has 138 valence electrons. The largest absolute Gasteiger partial charge is 0.381 e. The molecular weight excluding hydrogens is 329 g/mol. The number of carbonyl (C=O) groups excluding carboxylic acids is 1. The topological polar surface area (TPSA) is 54.0 Å². The normalized spacial score (nSPS) is 15.3. The number of halogens is 1. The second-order valence-electron chi connectivity index (χ2n) is 6.86. The van der Waals surface area contributed by atoms with Gasteiger partial charge in [0.25, 0.3) is 5.91 Å². The van der Waals surface area contributed by atoms with E-state index in [0.717, 1.165) is 5.69 Å². The van der Waals surface area contributed by atoms with E-state index >= 15 is 0 Å². The van der Waals surface area contributed by atoms with Crippen LogP contribution in [-0.4, -0.2) is 23.5 Å². The Bertz CT molecular complexity index is 709. The highest BCUT2D eigenvalue weighted by atomic mass is 19.1. The van der Waals surface area contributed by atoms with Crippen LogP contribution in [0.3, 0.4) is 0 Å². The Morgan fingerprint density at radius 3 is 2.54 bits per heavy atom. The molecule has 0 bridgehead atoms. The molecule has 1 aromatic carbocycles. The zero-order valence-electron chi connectivity index (χ0n) is 15.0. The zero-order chi connectivity index (χ0) is 18.2. The average molecular weight is 355 g/mol. The summed E-state index contributed by atoms with van der Waals surface area (Å²) in [5, 5.41) is 6.32. The molecule has 1 aliphatic rings. The quantitative estimate of drug-likeness (QED) is 0.759. The van der Waals surface area contributed by atoms with Crippen molar-refractivity contribution in [3.8, 4) is 0 Å². The van der Waals surface area contributed by atoms with E-state index in [1.807, 2.05) is 6.07 Å². The van der Waals surface area contributed by atoms with Crippen LogP contribution in [0.15, 0.2) is 42.6 Å². The summed E-state index contributed by atoms with van der Waals surface area (Å²) in [4.78, 5) is 16.4. The minimum atomic E-state index is -0.242. The summed E-state index contributed by atoms with van der Waals surface area (Å²) >= 11 is 0. The van der Waals surface area contributed by atoms with Gasteiger partial charge in [-0.1, -0.05) is 43.9 Å². The molecule has 0 aliphatic heterocycles. The minimum absolute atomic E-state index is 0.234. The summed E-state index contributed by atoms with van der Waals surface area (Å²) in [5.74, 6) is -0.476. The number of benzene rings is 1. The molecule has 1 fully saturated rings. The molecule has 3 rings (SSSR count). The number of nitrogens with zero attached hydrogens (tertiary/aromatic N) is 1. The maximum absolute atomic E-state index is 13.6. The fourth-order valence-corrected chi connectivity index (χ4v) is 3.38. The lowest BCUT2D eigenvalue weighted by molar-refractivity contribution is 0.0949. The first kappa shape index (κ1) is 18.4. The fourth-order valence-electron chi connectivity index (χ4n) is 3.38. The molecule has 4 nitrogen and oxygen atoms in total.